The Hall–Kier alpha value is -1.65. The van der Waals surface area contributed by atoms with Crippen LogP contribution in [0.25, 0.3) is 0 Å². The molecular weight excluding hydrogens is 216 g/mol. The van der Waals surface area contributed by atoms with Gasteiger partial charge in [-0.15, -0.1) is 0 Å². The normalized spacial score (nSPS) is 14.5. The van der Waals surface area contributed by atoms with Crippen molar-refractivity contribution in [1.82, 2.24) is 9.78 Å². The molecule has 0 aliphatic carbocycles. The van der Waals surface area contributed by atoms with Gasteiger partial charge in [-0.1, -0.05) is 30.3 Å². The van der Waals surface area contributed by atoms with Crippen molar-refractivity contribution in [2.24, 2.45) is 0 Å². The van der Waals surface area contributed by atoms with E-state index >= 15 is 0 Å². The molecule has 0 saturated carbocycles. The third-order valence-corrected chi connectivity index (χ3v) is 2.54. The Morgan fingerprint density at radius 3 is 2.53 bits per heavy atom. The van der Waals surface area contributed by atoms with E-state index in [-0.39, 0.29) is 0 Å². The van der Waals surface area contributed by atoms with Crippen molar-refractivity contribution < 1.29 is 10.2 Å². The van der Waals surface area contributed by atoms with Crippen LogP contribution in [0.1, 0.15) is 24.2 Å². The number of rotatable bonds is 4. The molecule has 0 aliphatic heterocycles. The van der Waals surface area contributed by atoms with E-state index in [0.717, 1.165) is 11.1 Å². The molecule has 0 amide bonds. The van der Waals surface area contributed by atoms with Crippen molar-refractivity contribution >= 4 is 0 Å². The Morgan fingerprint density at radius 1 is 1.18 bits per heavy atom. The maximum atomic E-state index is 10.1. The Bertz CT molecular complexity index is 465. The number of aliphatic hydroxyl groups is 2. The molecule has 0 spiro atoms. The number of hydrogen-bond acceptors (Lipinski definition) is 3. The van der Waals surface area contributed by atoms with Crippen molar-refractivity contribution in [1.29, 1.82) is 0 Å². The molecular formula is C13H16N2O2. The van der Waals surface area contributed by atoms with Gasteiger partial charge in [0, 0.05) is 11.8 Å². The maximum absolute atomic E-state index is 10.1. The first-order valence-electron chi connectivity index (χ1n) is 5.60. The van der Waals surface area contributed by atoms with Crippen LogP contribution >= 0.6 is 0 Å². The first kappa shape index (κ1) is 11.8. The summed E-state index contributed by atoms with van der Waals surface area (Å²) in [5.74, 6) is 0. The highest BCUT2D eigenvalue weighted by atomic mass is 16.3. The SMILES string of the molecule is C[C@@H](O)Cn1cc(C(O)c2ccccc2)cn1. The van der Waals surface area contributed by atoms with Gasteiger partial charge in [0.2, 0.25) is 0 Å². The third kappa shape index (κ3) is 2.93. The van der Waals surface area contributed by atoms with Crippen LogP contribution in [0.4, 0.5) is 0 Å². The van der Waals surface area contributed by atoms with Gasteiger partial charge in [0.25, 0.3) is 0 Å². The molecule has 2 aromatic rings. The van der Waals surface area contributed by atoms with Crippen molar-refractivity contribution in [3.05, 3.63) is 53.9 Å². The molecule has 0 bridgehead atoms. The van der Waals surface area contributed by atoms with Gasteiger partial charge in [0.1, 0.15) is 6.10 Å². The molecule has 1 aromatic carbocycles. The summed E-state index contributed by atoms with van der Waals surface area (Å²) in [4.78, 5) is 0. The van der Waals surface area contributed by atoms with Crippen LogP contribution in [-0.4, -0.2) is 26.1 Å². The number of nitrogens with zero attached hydrogens (tertiary/aromatic N) is 2. The Kier molecular flexibility index (Phi) is 3.56. The second kappa shape index (κ2) is 5.12. The van der Waals surface area contributed by atoms with Gasteiger partial charge >= 0.3 is 0 Å². The molecule has 1 aromatic heterocycles. The lowest BCUT2D eigenvalue weighted by atomic mass is 10.1. The molecule has 1 heterocycles. The molecule has 90 valence electrons. The quantitative estimate of drug-likeness (QED) is 0.836. The van der Waals surface area contributed by atoms with Gasteiger partial charge in [0.15, 0.2) is 0 Å². The third-order valence-electron chi connectivity index (χ3n) is 2.54. The van der Waals surface area contributed by atoms with Gasteiger partial charge in [-0.2, -0.15) is 5.10 Å². The van der Waals surface area contributed by atoms with E-state index in [1.165, 1.54) is 0 Å². The fourth-order valence-electron chi connectivity index (χ4n) is 1.72. The van der Waals surface area contributed by atoms with Crippen LogP contribution in [0.2, 0.25) is 0 Å². The maximum Gasteiger partial charge on any atom is 0.107 e. The van der Waals surface area contributed by atoms with Crippen LogP contribution in [0.15, 0.2) is 42.7 Å². The number of aromatic nitrogens is 2. The molecule has 0 radical (unpaired) electrons. The summed E-state index contributed by atoms with van der Waals surface area (Å²) in [6.45, 7) is 2.14. The number of aliphatic hydroxyl groups excluding tert-OH is 2. The fourth-order valence-corrected chi connectivity index (χ4v) is 1.72. The standard InChI is InChI=1S/C13H16N2O2/c1-10(16)8-15-9-12(7-14-15)13(17)11-5-3-2-4-6-11/h2-7,9-10,13,16-17H,8H2,1H3/t10-,13?/m1/s1. The molecule has 0 fully saturated rings. The Morgan fingerprint density at radius 2 is 1.88 bits per heavy atom. The monoisotopic (exact) mass is 232 g/mol. The fraction of sp³-hybridized carbons (Fsp3) is 0.308. The van der Waals surface area contributed by atoms with E-state index < -0.39 is 12.2 Å². The van der Waals surface area contributed by atoms with Crippen LogP contribution in [0.3, 0.4) is 0 Å². The van der Waals surface area contributed by atoms with E-state index in [0.29, 0.717) is 6.54 Å². The van der Waals surface area contributed by atoms with Crippen molar-refractivity contribution in [2.45, 2.75) is 25.7 Å². The number of hydrogen-bond donors (Lipinski definition) is 2. The van der Waals surface area contributed by atoms with Crippen molar-refractivity contribution in [3.8, 4) is 0 Å². The van der Waals surface area contributed by atoms with E-state index in [9.17, 15) is 10.2 Å². The summed E-state index contributed by atoms with van der Waals surface area (Å²) in [7, 11) is 0. The molecule has 2 rings (SSSR count). The first-order chi connectivity index (χ1) is 8.16. The highest BCUT2D eigenvalue weighted by Gasteiger charge is 2.12. The molecule has 4 nitrogen and oxygen atoms in total. The summed E-state index contributed by atoms with van der Waals surface area (Å²) < 4.78 is 1.63. The van der Waals surface area contributed by atoms with Crippen LogP contribution in [0, 0.1) is 0 Å². The summed E-state index contributed by atoms with van der Waals surface area (Å²) in [6, 6.07) is 9.43. The molecule has 2 N–H and O–H groups in total. The average molecular weight is 232 g/mol. The second-order valence-electron chi connectivity index (χ2n) is 4.16. The van der Waals surface area contributed by atoms with Gasteiger partial charge in [-0.3, -0.25) is 4.68 Å². The summed E-state index contributed by atoms with van der Waals surface area (Å²) in [6.07, 6.45) is 2.26. The minimum absolute atomic E-state index is 0.432. The molecule has 2 atom stereocenters. The molecule has 4 heteroatoms. The second-order valence-corrected chi connectivity index (χ2v) is 4.16. The smallest absolute Gasteiger partial charge is 0.107 e. The minimum Gasteiger partial charge on any atom is -0.391 e. The molecule has 0 saturated heterocycles. The topological polar surface area (TPSA) is 58.3 Å². The van der Waals surface area contributed by atoms with Gasteiger partial charge in [0.05, 0.1) is 18.8 Å². The summed E-state index contributed by atoms with van der Waals surface area (Å²) in [5.41, 5.74) is 1.57. The highest BCUT2D eigenvalue weighted by molar-refractivity contribution is 5.26. The van der Waals surface area contributed by atoms with Crippen molar-refractivity contribution in [3.63, 3.8) is 0 Å². The van der Waals surface area contributed by atoms with E-state index in [4.69, 9.17) is 0 Å². The lowest BCUT2D eigenvalue weighted by Crippen LogP contribution is -2.11. The first-order valence-corrected chi connectivity index (χ1v) is 5.60. The summed E-state index contributed by atoms with van der Waals surface area (Å²) in [5, 5.41) is 23.5. The zero-order valence-electron chi connectivity index (χ0n) is 9.69. The van der Waals surface area contributed by atoms with Gasteiger partial charge < -0.3 is 10.2 Å². The van der Waals surface area contributed by atoms with Gasteiger partial charge in [-0.05, 0) is 12.5 Å². The Balaban J connectivity index is 2.15. The van der Waals surface area contributed by atoms with E-state index in [1.54, 1.807) is 24.0 Å². The van der Waals surface area contributed by atoms with E-state index in [2.05, 4.69) is 5.10 Å². The minimum atomic E-state index is -0.668. The predicted molar refractivity (Wildman–Crippen MR) is 64.4 cm³/mol. The largest absolute Gasteiger partial charge is 0.391 e. The molecule has 1 unspecified atom stereocenters. The van der Waals surface area contributed by atoms with Crippen LogP contribution < -0.4 is 0 Å². The summed E-state index contributed by atoms with van der Waals surface area (Å²) >= 11 is 0. The van der Waals surface area contributed by atoms with Gasteiger partial charge in [-0.25, -0.2) is 0 Å². The van der Waals surface area contributed by atoms with Crippen molar-refractivity contribution in [2.75, 3.05) is 0 Å². The Labute approximate surface area is 100 Å². The lowest BCUT2D eigenvalue weighted by Gasteiger charge is -2.08. The zero-order chi connectivity index (χ0) is 12.3. The number of benzene rings is 1. The molecule has 17 heavy (non-hydrogen) atoms. The molecule has 0 aliphatic rings. The lowest BCUT2D eigenvalue weighted by molar-refractivity contribution is 0.168. The zero-order valence-corrected chi connectivity index (χ0v) is 9.69. The van der Waals surface area contributed by atoms with E-state index in [1.807, 2.05) is 30.3 Å². The average Bonchev–Trinajstić information content (AvgIpc) is 2.77. The predicted octanol–water partition coefficient (Wildman–Crippen LogP) is 1.35. The van der Waals surface area contributed by atoms with Crippen LogP contribution in [0.5, 0.6) is 0 Å². The van der Waals surface area contributed by atoms with Crippen LogP contribution in [-0.2, 0) is 6.54 Å². The highest BCUT2D eigenvalue weighted by Crippen LogP contribution is 2.20.